The van der Waals surface area contributed by atoms with E-state index in [-0.39, 0.29) is 0 Å². The van der Waals surface area contributed by atoms with Crippen molar-refractivity contribution in [2.24, 2.45) is 0 Å². The fraction of sp³-hybridized carbons (Fsp3) is 0.333. The minimum absolute atomic E-state index is 0.582. The van der Waals surface area contributed by atoms with Gasteiger partial charge in [0.1, 0.15) is 10.9 Å². The molecule has 0 saturated heterocycles. The summed E-state index contributed by atoms with van der Waals surface area (Å²) < 4.78 is 20.4. The topological polar surface area (TPSA) is 35.5 Å². The van der Waals surface area contributed by atoms with E-state index in [1.165, 1.54) is 12.2 Å². The smallest absolute Gasteiger partial charge is 0.292 e. The first-order chi connectivity index (χ1) is 5.60. The molecule has 0 amide bonds. The molecule has 0 spiro atoms. The first-order valence-corrected chi connectivity index (χ1v) is 5.34. The molecule has 0 heterocycles. The summed E-state index contributed by atoms with van der Waals surface area (Å²) in [6, 6.07) is 0. The molecular weight excluding hydrogens is 215 g/mol. The van der Waals surface area contributed by atoms with Crippen LogP contribution in [0.2, 0.25) is 0 Å². The van der Waals surface area contributed by atoms with Crippen LogP contribution in [0.3, 0.4) is 0 Å². The van der Waals surface area contributed by atoms with Crippen molar-refractivity contribution in [1.29, 1.82) is 0 Å². The van der Waals surface area contributed by atoms with E-state index in [1.54, 1.807) is 0 Å². The van der Waals surface area contributed by atoms with E-state index in [2.05, 4.69) is 38.4 Å². The summed E-state index contributed by atoms with van der Waals surface area (Å²) in [5.41, 5.74) is -1.16. The molecule has 0 saturated carbocycles. The summed E-state index contributed by atoms with van der Waals surface area (Å²) in [6.45, 7) is 6.79. The van der Waals surface area contributed by atoms with E-state index in [4.69, 9.17) is 9.05 Å². The predicted octanol–water partition coefficient (Wildman–Crippen LogP) is 2.29. The van der Waals surface area contributed by atoms with Gasteiger partial charge in [-0.2, -0.15) is 0 Å². The van der Waals surface area contributed by atoms with E-state index in [0.717, 1.165) is 0 Å². The minimum Gasteiger partial charge on any atom is -0.292 e. The number of rotatable bonds is 6. The van der Waals surface area contributed by atoms with Crippen molar-refractivity contribution in [2.45, 2.75) is 10.9 Å². The summed E-state index contributed by atoms with van der Waals surface area (Å²) in [6.07, 6.45) is 2.80. The first-order valence-electron chi connectivity index (χ1n) is 3.08. The lowest BCUT2D eigenvalue weighted by Crippen LogP contribution is -1.98. The second-order valence-corrected chi connectivity index (χ2v) is 3.73. The van der Waals surface area contributed by atoms with E-state index >= 15 is 0 Å². The third kappa shape index (κ3) is 5.91. The molecule has 12 heavy (non-hydrogen) atoms. The zero-order valence-corrected chi connectivity index (χ0v) is 9.13. The quantitative estimate of drug-likeness (QED) is 0.316. The zero-order valence-electron chi connectivity index (χ0n) is 6.34. The molecular formula is C6H11O3PS2. The molecule has 0 radical (unpaired) electrons. The summed E-state index contributed by atoms with van der Waals surface area (Å²) in [5, 5.41) is 0. The Bertz CT molecular complexity index is 168. The monoisotopic (exact) mass is 226 g/mol. The standard InChI is InChI=1S/C6H11O3PS2/c1-3-5(11)8-10(7)9-6(12)4-2/h3-6,10-12H,1-2H2. The van der Waals surface area contributed by atoms with Gasteiger partial charge < -0.3 is 0 Å². The summed E-state index contributed by atoms with van der Waals surface area (Å²) >= 11 is 7.75. The Labute approximate surface area is 83.6 Å². The van der Waals surface area contributed by atoms with Gasteiger partial charge in [-0.3, -0.25) is 13.6 Å². The van der Waals surface area contributed by atoms with Crippen LogP contribution >= 0.6 is 33.5 Å². The van der Waals surface area contributed by atoms with Gasteiger partial charge in [-0.1, -0.05) is 25.3 Å². The van der Waals surface area contributed by atoms with Crippen LogP contribution in [0.5, 0.6) is 0 Å². The second kappa shape index (κ2) is 6.80. The van der Waals surface area contributed by atoms with Crippen molar-refractivity contribution in [1.82, 2.24) is 0 Å². The Morgan fingerprint density at radius 3 is 1.75 bits per heavy atom. The van der Waals surface area contributed by atoms with Gasteiger partial charge in [0.25, 0.3) is 0 Å². The Morgan fingerprint density at radius 2 is 1.50 bits per heavy atom. The highest BCUT2D eigenvalue weighted by Crippen LogP contribution is 2.30. The maximum absolute atomic E-state index is 10.9. The van der Waals surface area contributed by atoms with Crippen molar-refractivity contribution >= 4 is 33.5 Å². The van der Waals surface area contributed by atoms with Crippen molar-refractivity contribution in [2.75, 3.05) is 0 Å². The van der Waals surface area contributed by atoms with Crippen molar-refractivity contribution < 1.29 is 13.6 Å². The zero-order chi connectivity index (χ0) is 9.56. The van der Waals surface area contributed by atoms with E-state index in [0.29, 0.717) is 0 Å². The average molecular weight is 226 g/mol. The lowest BCUT2D eigenvalue weighted by molar-refractivity contribution is 0.237. The lowest BCUT2D eigenvalue weighted by Gasteiger charge is -2.09. The van der Waals surface area contributed by atoms with Gasteiger partial charge in [0, 0.05) is 0 Å². The number of thiol groups is 2. The van der Waals surface area contributed by atoms with E-state index in [1.807, 2.05) is 0 Å². The van der Waals surface area contributed by atoms with Gasteiger partial charge in [0.05, 0.1) is 0 Å². The highest BCUT2D eigenvalue weighted by atomic mass is 32.1. The van der Waals surface area contributed by atoms with Crippen LogP contribution in [0.1, 0.15) is 0 Å². The fourth-order valence-corrected chi connectivity index (χ4v) is 1.48. The Kier molecular flexibility index (Phi) is 6.99. The van der Waals surface area contributed by atoms with Crippen LogP contribution in [0.15, 0.2) is 25.3 Å². The molecule has 0 aromatic carbocycles. The van der Waals surface area contributed by atoms with Crippen molar-refractivity contribution in [3.05, 3.63) is 25.3 Å². The molecule has 2 atom stereocenters. The summed E-state index contributed by atoms with van der Waals surface area (Å²) in [5.74, 6) is 0. The molecule has 0 aliphatic rings. The summed E-state index contributed by atoms with van der Waals surface area (Å²) in [7, 11) is -2.56. The maximum atomic E-state index is 10.9. The van der Waals surface area contributed by atoms with Crippen molar-refractivity contribution in [3.8, 4) is 0 Å². The van der Waals surface area contributed by atoms with Crippen LogP contribution in [0.4, 0.5) is 0 Å². The van der Waals surface area contributed by atoms with Gasteiger partial charge in [0.2, 0.25) is 0 Å². The largest absolute Gasteiger partial charge is 0.321 e. The number of hydrogen-bond acceptors (Lipinski definition) is 5. The number of hydrogen-bond donors (Lipinski definition) is 2. The van der Waals surface area contributed by atoms with Crippen LogP contribution in [-0.2, 0) is 13.6 Å². The normalized spacial score (nSPS) is 17.8. The maximum Gasteiger partial charge on any atom is 0.321 e. The van der Waals surface area contributed by atoms with Gasteiger partial charge in [-0.25, -0.2) is 0 Å². The Balaban J connectivity index is 3.73. The Hall–Kier alpha value is 0.330. The van der Waals surface area contributed by atoms with Gasteiger partial charge >= 0.3 is 8.25 Å². The highest BCUT2D eigenvalue weighted by Gasteiger charge is 2.07. The molecule has 70 valence electrons. The van der Waals surface area contributed by atoms with Crippen LogP contribution < -0.4 is 0 Å². The molecule has 3 nitrogen and oxygen atoms in total. The molecule has 0 aliphatic heterocycles. The molecule has 0 rings (SSSR count). The Morgan fingerprint density at radius 1 is 1.17 bits per heavy atom. The molecule has 0 N–H and O–H groups in total. The molecule has 0 fully saturated rings. The van der Waals surface area contributed by atoms with Gasteiger partial charge in [0.15, 0.2) is 0 Å². The van der Waals surface area contributed by atoms with E-state index < -0.39 is 19.1 Å². The van der Waals surface area contributed by atoms with Crippen LogP contribution in [-0.4, -0.2) is 10.9 Å². The molecule has 2 unspecified atom stereocenters. The lowest BCUT2D eigenvalue weighted by atomic mass is 10.7. The molecule has 6 heteroatoms. The van der Waals surface area contributed by atoms with Crippen molar-refractivity contribution in [3.63, 3.8) is 0 Å². The molecule has 0 bridgehead atoms. The minimum atomic E-state index is -2.56. The SMILES string of the molecule is C=CC(S)O[PH](=O)OC(S)C=C. The molecule has 0 aromatic rings. The first kappa shape index (κ1) is 12.3. The third-order valence-electron chi connectivity index (χ3n) is 0.837. The van der Waals surface area contributed by atoms with E-state index in [9.17, 15) is 4.57 Å². The predicted molar refractivity (Wildman–Crippen MR) is 57.1 cm³/mol. The molecule has 0 aromatic heterocycles. The summed E-state index contributed by atoms with van der Waals surface area (Å²) in [4.78, 5) is 0. The highest BCUT2D eigenvalue weighted by molar-refractivity contribution is 7.81. The average Bonchev–Trinajstić information content (AvgIpc) is 2.03. The van der Waals surface area contributed by atoms with Gasteiger partial charge in [-0.05, 0) is 0 Å². The van der Waals surface area contributed by atoms with Crippen LogP contribution in [0, 0.1) is 0 Å². The second-order valence-electron chi connectivity index (χ2n) is 1.74. The molecule has 0 aliphatic carbocycles. The fourth-order valence-electron chi connectivity index (χ4n) is 0.321. The van der Waals surface area contributed by atoms with Crippen LogP contribution in [0.25, 0.3) is 0 Å². The van der Waals surface area contributed by atoms with Gasteiger partial charge in [-0.15, -0.1) is 25.3 Å². The third-order valence-corrected chi connectivity index (χ3v) is 2.76.